The van der Waals surface area contributed by atoms with Gasteiger partial charge in [-0.05, 0) is 47.0 Å². The number of nitrogens with one attached hydrogen (secondary N) is 1. The zero-order valence-corrected chi connectivity index (χ0v) is 14.3. The van der Waals surface area contributed by atoms with Crippen molar-refractivity contribution in [1.29, 1.82) is 0 Å². The molecule has 1 aliphatic heterocycles. The molecular formula is C15H18BrN3OS. The Hall–Kier alpha value is -1.27. The first kappa shape index (κ1) is 14.7. The monoisotopic (exact) mass is 367 g/mol. The standard InChI is InChI=1S/C15H18BrN3OS/c1-18-6-2-4-13(18)14-5-3-7-19(14)15(20)17-9-12-8-11(16)10-21-12/h2,4,6,8,10,14H,3,5,7,9H2,1H3,(H,17,20). The number of urea groups is 1. The van der Waals surface area contributed by atoms with Gasteiger partial charge in [0.15, 0.2) is 0 Å². The molecule has 1 aliphatic rings. The molecule has 0 spiro atoms. The van der Waals surface area contributed by atoms with Gasteiger partial charge in [-0.3, -0.25) is 0 Å². The van der Waals surface area contributed by atoms with Crippen molar-refractivity contribution in [2.45, 2.75) is 25.4 Å². The highest BCUT2D eigenvalue weighted by Crippen LogP contribution is 2.31. The number of hydrogen-bond donors (Lipinski definition) is 1. The first-order valence-corrected chi connectivity index (χ1v) is 8.71. The van der Waals surface area contributed by atoms with Gasteiger partial charge in [-0.25, -0.2) is 4.79 Å². The third-order valence-electron chi connectivity index (χ3n) is 3.87. The molecule has 2 aromatic heterocycles. The lowest BCUT2D eigenvalue weighted by Crippen LogP contribution is -2.39. The van der Waals surface area contributed by atoms with Gasteiger partial charge in [0.25, 0.3) is 0 Å². The normalized spacial score (nSPS) is 18.2. The number of rotatable bonds is 3. The fourth-order valence-corrected chi connectivity index (χ4v) is 4.24. The van der Waals surface area contributed by atoms with E-state index in [2.05, 4.69) is 31.9 Å². The minimum atomic E-state index is 0.0308. The number of carbonyl (C=O) groups excluding carboxylic acids is 1. The van der Waals surface area contributed by atoms with E-state index in [9.17, 15) is 4.79 Å². The zero-order chi connectivity index (χ0) is 14.8. The summed E-state index contributed by atoms with van der Waals surface area (Å²) in [6.07, 6.45) is 4.14. The summed E-state index contributed by atoms with van der Waals surface area (Å²) in [6, 6.07) is 6.41. The van der Waals surface area contributed by atoms with E-state index in [0.29, 0.717) is 6.54 Å². The molecule has 3 rings (SSSR count). The van der Waals surface area contributed by atoms with Gasteiger partial charge in [0.1, 0.15) is 0 Å². The van der Waals surface area contributed by atoms with E-state index in [1.54, 1.807) is 11.3 Å². The van der Waals surface area contributed by atoms with E-state index in [4.69, 9.17) is 0 Å². The maximum Gasteiger partial charge on any atom is 0.318 e. The molecule has 4 nitrogen and oxygen atoms in total. The lowest BCUT2D eigenvalue weighted by molar-refractivity contribution is 0.191. The molecule has 21 heavy (non-hydrogen) atoms. The Kier molecular flexibility index (Phi) is 4.35. The van der Waals surface area contributed by atoms with Crippen LogP contribution in [0.4, 0.5) is 4.79 Å². The number of halogens is 1. The van der Waals surface area contributed by atoms with Gasteiger partial charge in [-0.15, -0.1) is 11.3 Å². The molecule has 1 N–H and O–H groups in total. The number of likely N-dealkylation sites (tertiary alicyclic amines) is 1. The maximum absolute atomic E-state index is 12.4. The van der Waals surface area contributed by atoms with Crippen molar-refractivity contribution in [2.24, 2.45) is 7.05 Å². The average Bonchev–Trinajstić information content (AvgIpc) is 3.16. The number of nitrogens with zero attached hydrogens (tertiary/aromatic N) is 2. The summed E-state index contributed by atoms with van der Waals surface area (Å²) in [7, 11) is 2.03. The highest BCUT2D eigenvalue weighted by Gasteiger charge is 2.31. The van der Waals surface area contributed by atoms with E-state index in [-0.39, 0.29) is 12.1 Å². The van der Waals surface area contributed by atoms with Gasteiger partial charge < -0.3 is 14.8 Å². The van der Waals surface area contributed by atoms with Crippen molar-refractivity contribution in [2.75, 3.05) is 6.54 Å². The highest BCUT2D eigenvalue weighted by molar-refractivity contribution is 9.10. The predicted molar refractivity (Wildman–Crippen MR) is 88.3 cm³/mol. The van der Waals surface area contributed by atoms with Crippen LogP contribution in [0.5, 0.6) is 0 Å². The second-order valence-electron chi connectivity index (χ2n) is 5.29. The molecule has 0 aromatic carbocycles. The van der Waals surface area contributed by atoms with E-state index in [1.807, 2.05) is 35.7 Å². The van der Waals surface area contributed by atoms with E-state index in [1.165, 1.54) is 5.69 Å². The number of aromatic nitrogens is 1. The summed E-state index contributed by atoms with van der Waals surface area (Å²) in [6.45, 7) is 1.42. The van der Waals surface area contributed by atoms with Gasteiger partial charge in [0, 0.05) is 40.2 Å². The Morgan fingerprint density at radius 3 is 3.10 bits per heavy atom. The number of amides is 2. The van der Waals surface area contributed by atoms with Crippen LogP contribution in [-0.4, -0.2) is 22.0 Å². The number of thiophene rings is 1. The van der Waals surface area contributed by atoms with Crippen LogP contribution in [0.1, 0.15) is 29.5 Å². The Morgan fingerprint density at radius 2 is 2.43 bits per heavy atom. The quantitative estimate of drug-likeness (QED) is 0.877. The van der Waals surface area contributed by atoms with Crippen LogP contribution in [0, 0.1) is 0 Å². The second-order valence-corrected chi connectivity index (χ2v) is 7.20. The van der Waals surface area contributed by atoms with Crippen LogP contribution in [0.25, 0.3) is 0 Å². The Balaban J connectivity index is 1.65. The van der Waals surface area contributed by atoms with Gasteiger partial charge in [-0.2, -0.15) is 0 Å². The average molecular weight is 368 g/mol. The maximum atomic E-state index is 12.4. The van der Waals surface area contributed by atoms with Crippen molar-refractivity contribution in [3.05, 3.63) is 44.8 Å². The molecule has 0 saturated carbocycles. The Bertz CT molecular complexity index is 636. The molecular weight excluding hydrogens is 350 g/mol. The highest BCUT2D eigenvalue weighted by atomic mass is 79.9. The van der Waals surface area contributed by atoms with E-state index < -0.39 is 0 Å². The molecule has 1 fully saturated rings. The summed E-state index contributed by atoms with van der Waals surface area (Å²) in [5.74, 6) is 0. The van der Waals surface area contributed by atoms with Crippen LogP contribution in [-0.2, 0) is 13.6 Å². The molecule has 1 atom stereocenters. The molecule has 112 valence electrons. The molecule has 0 bridgehead atoms. The van der Waals surface area contributed by atoms with Crippen molar-refractivity contribution in [3.8, 4) is 0 Å². The van der Waals surface area contributed by atoms with E-state index in [0.717, 1.165) is 28.7 Å². The fourth-order valence-electron chi connectivity index (χ4n) is 2.85. The van der Waals surface area contributed by atoms with Crippen molar-refractivity contribution in [3.63, 3.8) is 0 Å². The lowest BCUT2D eigenvalue weighted by atomic mass is 10.1. The number of carbonyl (C=O) groups is 1. The smallest absolute Gasteiger partial charge is 0.318 e. The Labute approximate surface area is 136 Å². The van der Waals surface area contributed by atoms with Crippen LogP contribution in [0.15, 0.2) is 34.2 Å². The third kappa shape index (κ3) is 3.16. The first-order valence-electron chi connectivity index (χ1n) is 7.04. The summed E-state index contributed by atoms with van der Waals surface area (Å²) < 4.78 is 3.17. The minimum absolute atomic E-state index is 0.0308. The summed E-state index contributed by atoms with van der Waals surface area (Å²) in [4.78, 5) is 15.6. The zero-order valence-electron chi connectivity index (χ0n) is 11.9. The van der Waals surface area contributed by atoms with Crippen LogP contribution in [0.2, 0.25) is 0 Å². The van der Waals surface area contributed by atoms with Crippen molar-refractivity contribution < 1.29 is 4.79 Å². The minimum Gasteiger partial charge on any atom is -0.353 e. The largest absolute Gasteiger partial charge is 0.353 e. The molecule has 3 heterocycles. The topological polar surface area (TPSA) is 37.3 Å². The molecule has 6 heteroatoms. The van der Waals surface area contributed by atoms with Crippen LogP contribution < -0.4 is 5.32 Å². The van der Waals surface area contributed by atoms with Crippen molar-refractivity contribution in [1.82, 2.24) is 14.8 Å². The number of aryl methyl sites for hydroxylation is 1. The Morgan fingerprint density at radius 1 is 1.57 bits per heavy atom. The van der Waals surface area contributed by atoms with Gasteiger partial charge in [-0.1, -0.05) is 0 Å². The number of hydrogen-bond acceptors (Lipinski definition) is 2. The third-order valence-corrected chi connectivity index (χ3v) is 5.57. The predicted octanol–water partition coefficient (Wildman–Crippen LogP) is 3.90. The molecule has 0 radical (unpaired) electrons. The van der Waals surface area contributed by atoms with Gasteiger partial charge >= 0.3 is 6.03 Å². The SMILES string of the molecule is Cn1cccc1C1CCCN1C(=O)NCc1cc(Br)cs1. The fraction of sp³-hybridized carbons (Fsp3) is 0.400. The molecule has 1 unspecified atom stereocenters. The molecule has 1 saturated heterocycles. The second kappa shape index (κ2) is 6.23. The summed E-state index contributed by atoms with van der Waals surface area (Å²) in [5.41, 5.74) is 1.21. The van der Waals surface area contributed by atoms with E-state index >= 15 is 0 Å². The van der Waals surface area contributed by atoms with Gasteiger partial charge in [0.05, 0.1) is 12.6 Å². The summed E-state index contributed by atoms with van der Waals surface area (Å²) >= 11 is 5.08. The molecule has 0 aliphatic carbocycles. The van der Waals surface area contributed by atoms with Gasteiger partial charge in [0.2, 0.25) is 0 Å². The summed E-state index contributed by atoms with van der Waals surface area (Å²) in [5, 5.41) is 5.06. The molecule has 2 amide bonds. The van der Waals surface area contributed by atoms with Crippen molar-refractivity contribution >= 4 is 33.3 Å². The van der Waals surface area contributed by atoms with Crippen LogP contribution in [0.3, 0.4) is 0 Å². The first-order chi connectivity index (χ1) is 10.1. The molecule has 2 aromatic rings. The lowest BCUT2D eigenvalue weighted by Gasteiger charge is -2.25. The van der Waals surface area contributed by atoms with Crippen LogP contribution >= 0.6 is 27.3 Å².